The fraction of sp³-hybridized carbons (Fsp3) is 0.364. The van der Waals surface area contributed by atoms with Gasteiger partial charge in [-0.25, -0.2) is 0 Å². The first-order valence-corrected chi connectivity index (χ1v) is 4.55. The minimum Gasteiger partial charge on any atom is -0.388 e. The Bertz CT molecular complexity index is 306. The molecule has 0 heterocycles. The molecule has 1 aliphatic rings. The van der Waals surface area contributed by atoms with E-state index < -0.39 is 0 Å². The van der Waals surface area contributed by atoms with Crippen molar-refractivity contribution in [2.45, 2.75) is 20.8 Å². The Hall–Kier alpha value is -1.31. The lowest BCUT2D eigenvalue weighted by Gasteiger charge is -2.12. The molecule has 0 spiro atoms. The molecule has 0 atom stereocenters. The maximum atomic E-state index is 7.72. The quantitative estimate of drug-likeness (QED) is 0.666. The second-order valence-electron chi connectivity index (χ2n) is 3.20. The maximum Gasteiger partial charge on any atom is 0.0629 e. The highest BCUT2D eigenvalue weighted by Crippen LogP contribution is 2.15. The molecule has 13 heavy (non-hydrogen) atoms. The van der Waals surface area contributed by atoms with Gasteiger partial charge in [0.25, 0.3) is 0 Å². The van der Waals surface area contributed by atoms with E-state index in [1.165, 1.54) is 5.57 Å². The number of allylic oxidation sites excluding steroid dienone is 6. The van der Waals surface area contributed by atoms with Crippen molar-refractivity contribution in [1.82, 2.24) is 5.32 Å². The van der Waals surface area contributed by atoms with Gasteiger partial charge in [-0.05, 0) is 32.9 Å². The number of rotatable bonds is 2. The number of hydrogen-bond acceptors (Lipinski definition) is 2. The fourth-order valence-corrected chi connectivity index (χ4v) is 1.33. The first-order chi connectivity index (χ1) is 6.15. The molecule has 2 N–H and O–H groups in total. The van der Waals surface area contributed by atoms with Crippen LogP contribution < -0.4 is 5.32 Å². The van der Waals surface area contributed by atoms with E-state index in [-0.39, 0.29) is 0 Å². The van der Waals surface area contributed by atoms with E-state index >= 15 is 0 Å². The standard InChI is InChI=1S/C11H16N2/c1-4-13-9(3)10-7-8(2)5-6-11(10)12/h5-7,12-13H,4H2,1-3H3/b10-9-,12-11?. The average molecular weight is 176 g/mol. The third kappa shape index (κ3) is 2.31. The third-order valence-corrected chi connectivity index (χ3v) is 2.02. The SMILES string of the molecule is CCN/C(C)=C1/C=C(C)C=CC1=N. The Balaban J connectivity index is 2.97. The van der Waals surface area contributed by atoms with Gasteiger partial charge >= 0.3 is 0 Å². The predicted octanol–water partition coefficient (Wildman–Crippen LogP) is 2.41. The maximum absolute atomic E-state index is 7.72. The van der Waals surface area contributed by atoms with Gasteiger partial charge in [0.05, 0.1) is 5.71 Å². The van der Waals surface area contributed by atoms with Crippen LogP contribution in [0.1, 0.15) is 20.8 Å². The van der Waals surface area contributed by atoms with Crippen molar-refractivity contribution in [3.63, 3.8) is 0 Å². The molecule has 0 bridgehead atoms. The lowest BCUT2D eigenvalue weighted by molar-refractivity contribution is 0.849. The van der Waals surface area contributed by atoms with Crippen LogP contribution in [0.25, 0.3) is 0 Å². The number of nitrogens with one attached hydrogen (secondary N) is 2. The molecule has 70 valence electrons. The second-order valence-corrected chi connectivity index (χ2v) is 3.20. The largest absolute Gasteiger partial charge is 0.388 e. The summed E-state index contributed by atoms with van der Waals surface area (Å²) in [5.41, 5.74) is 3.87. The average Bonchev–Trinajstić information content (AvgIpc) is 2.09. The van der Waals surface area contributed by atoms with E-state index in [2.05, 4.69) is 12.2 Å². The van der Waals surface area contributed by atoms with Gasteiger partial charge in [0.2, 0.25) is 0 Å². The molecule has 0 aromatic rings. The molecule has 0 radical (unpaired) electrons. The van der Waals surface area contributed by atoms with Gasteiger partial charge in [0.15, 0.2) is 0 Å². The van der Waals surface area contributed by atoms with Gasteiger partial charge in [0.1, 0.15) is 0 Å². The molecule has 0 aromatic heterocycles. The van der Waals surface area contributed by atoms with Crippen molar-refractivity contribution >= 4 is 5.71 Å². The summed E-state index contributed by atoms with van der Waals surface area (Å²) in [6, 6.07) is 0. The molecule has 0 aliphatic heterocycles. The fourth-order valence-electron chi connectivity index (χ4n) is 1.33. The van der Waals surface area contributed by atoms with Crippen LogP contribution in [-0.2, 0) is 0 Å². The van der Waals surface area contributed by atoms with E-state index in [0.717, 1.165) is 17.8 Å². The molecule has 0 aromatic carbocycles. The van der Waals surface area contributed by atoms with Gasteiger partial charge < -0.3 is 10.7 Å². The van der Waals surface area contributed by atoms with Gasteiger partial charge in [-0.2, -0.15) is 0 Å². The zero-order chi connectivity index (χ0) is 9.84. The van der Waals surface area contributed by atoms with Gasteiger partial charge in [-0.1, -0.05) is 11.6 Å². The molecule has 0 saturated carbocycles. The van der Waals surface area contributed by atoms with E-state index in [0.29, 0.717) is 5.71 Å². The van der Waals surface area contributed by atoms with E-state index in [1.54, 1.807) is 0 Å². The molecule has 2 nitrogen and oxygen atoms in total. The van der Waals surface area contributed by atoms with Crippen LogP contribution in [0.3, 0.4) is 0 Å². The van der Waals surface area contributed by atoms with Gasteiger partial charge in [-0.3, -0.25) is 0 Å². The van der Waals surface area contributed by atoms with E-state index in [1.807, 2.05) is 32.1 Å². The highest BCUT2D eigenvalue weighted by Gasteiger charge is 2.07. The summed E-state index contributed by atoms with van der Waals surface area (Å²) in [5.74, 6) is 0. The minimum absolute atomic E-state index is 0.587. The smallest absolute Gasteiger partial charge is 0.0629 e. The molecule has 1 aliphatic carbocycles. The summed E-state index contributed by atoms with van der Waals surface area (Å²) in [5, 5.41) is 10.9. The molecule has 1 rings (SSSR count). The Morgan fingerprint density at radius 2 is 2.15 bits per heavy atom. The topological polar surface area (TPSA) is 35.9 Å². The number of hydrogen-bond donors (Lipinski definition) is 2. The van der Waals surface area contributed by atoms with Crippen LogP contribution in [-0.4, -0.2) is 12.3 Å². The molecular weight excluding hydrogens is 160 g/mol. The predicted molar refractivity (Wildman–Crippen MR) is 57.0 cm³/mol. The monoisotopic (exact) mass is 176 g/mol. The van der Waals surface area contributed by atoms with Crippen molar-refractivity contribution in [1.29, 1.82) is 5.41 Å². The molecule has 0 saturated heterocycles. The van der Waals surface area contributed by atoms with E-state index in [9.17, 15) is 0 Å². The zero-order valence-electron chi connectivity index (χ0n) is 8.44. The van der Waals surface area contributed by atoms with Crippen LogP contribution in [0.5, 0.6) is 0 Å². The minimum atomic E-state index is 0.587. The highest BCUT2D eigenvalue weighted by atomic mass is 14.9. The van der Waals surface area contributed by atoms with Crippen molar-refractivity contribution < 1.29 is 0 Å². The summed E-state index contributed by atoms with van der Waals surface area (Å²) in [7, 11) is 0. The summed E-state index contributed by atoms with van der Waals surface area (Å²) in [6.45, 7) is 7.01. The Morgan fingerprint density at radius 3 is 2.77 bits per heavy atom. The van der Waals surface area contributed by atoms with Gasteiger partial charge in [-0.15, -0.1) is 0 Å². The van der Waals surface area contributed by atoms with Crippen LogP contribution in [0.2, 0.25) is 0 Å². The third-order valence-electron chi connectivity index (χ3n) is 2.02. The van der Waals surface area contributed by atoms with Crippen LogP contribution >= 0.6 is 0 Å². The van der Waals surface area contributed by atoms with Crippen molar-refractivity contribution in [2.24, 2.45) is 0 Å². The molecule has 0 fully saturated rings. The van der Waals surface area contributed by atoms with Crippen LogP contribution in [0.4, 0.5) is 0 Å². The lowest BCUT2D eigenvalue weighted by atomic mass is 9.99. The summed E-state index contributed by atoms with van der Waals surface area (Å²) >= 11 is 0. The molecular formula is C11H16N2. The van der Waals surface area contributed by atoms with E-state index in [4.69, 9.17) is 5.41 Å². The van der Waals surface area contributed by atoms with Crippen LogP contribution in [0.15, 0.2) is 35.1 Å². The zero-order valence-corrected chi connectivity index (χ0v) is 8.44. The Labute approximate surface area is 79.5 Å². The molecule has 0 unspecified atom stereocenters. The normalized spacial score (nSPS) is 19.9. The molecule has 2 heteroatoms. The first-order valence-electron chi connectivity index (χ1n) is 4.55. The lowest BCUT2D eigenvalue weighted by Crippen LogP contribution is -2.15. The van der Waals surface area contributed by atoms with Crippen molar-refractivity contribution in [3.8, 4) is 0 Å². The summed E-state index contributed by atoms with van der Waals surface area (Å²) in [6.07, 6.45) is 5.84. The van der Waals surface area contributed by atoms with Crippen molar-refractivity contribution in [2.75, 3.05) is 6.54 Å². The Morgan fingerprint density at radius 1 is 1.46 bits per heavy atom. The molecule has 0 amide bonds. The first kappa shape index (κ1) is 9.78. The summed E-state index contributed by atoms with van der Waals surface area (Å²) < 4.78 is 0. The van der Waals surface area contributed by atoms with Gasteiger partial charge in [0, 0.05) is 17.8 Å². The Kier molecular flexibility index (Phi) is 3.07. The van der Waals surface area contributed by atoms with Crippen LogP contribution in [0, 0.1) is 5.41 Å². The van der Waals surface area contributed by atoms with Crippen molar-refractivity contribution in [3.05, 3.63) is 35.1 Å². The highest BCUT2D eigenvalue weighted by molar-refractivity contribution is 6.10. The second kappa shape index (κ2) is 4.08. The summed E-state index contributed by atoms with van der Waals surface area (Å²) in [4.78, 5) is 0.